The summed E-state index contributed by atoms with van der Waals surface area (Å²) in [4.78, 5) is 11.2. The third-order valence-corrected chi connectivity index (χ3v) is 5.49. The van der Waals surface area contributed by atoms with E-state index < -0.39 is 12.7 Å². The molecule has 2 heterocycles. The van der Waals surface area contributed by atoms with Crippen LogP contribution in [-0.4, -0.2) is 45.6 Å². The summed E-state index contributed by atoms with van der Waals surface area (Å²) in [6.45, 7) is -0.399. The molecule has 0 aliphatic heterocycles. The monoisotopic (exact) mass is 508 g/mol. The number of alkyl halides is 3. The number of benzene rings is 2. The Balaban J connectivity index is 1.64. The molecule has 0 radical (unpaired) electrons. The Labute approximate surface area is 204 Å². The van der Waals surface area contributed by atoms with Gasteiger partial charge in [-0.2, -0.15) is 18.3 Å². The van der Waals surface area contributed by atoms with E-state index >= 15 is 0 Å². The molecule has 178 valence electrons. The van der Waals surface area contributed by atoms with Crippen LogP contribution in [0.2, 0.25) is 10.0 Å². The number of halogens is 5. The van der Waals surface area contributed by atoms with Gasteiger partial charge in [-0.05, 0) is 49.4 Å². The number of rotatable bonds is 8. The number of nitrogens with zero attached hydrogens (tertiary/aromatic N) is 5. The first-order valence-corrected chi connectivity index (χ1v) is 11.2. The first kappa shape index (κ1) is 24.3. The Morgan fingerprint density at radius 3 is 2.44 bits per heavy atom. The second-order valence-corrected chi connectivity index (χ2v) is 8.63. The summed E-state index contributed by atoms with van der Waals surface area (Å²) in [5.74, 6) is 0. The maximum atomic E-state index is 12.4. The van der Waals surface area contributed by atoms with Crippen molar-refractivity contribution in [3.63, 3.8) is 0 Å². The van der Waals surface area contributed by atoms with Crippen molar-refractivity contribution in [1.82, 2.24) is 25.1 Å². The molecular formula is C23H21Cl2F3N6. The Morgan fingerprint density at radius 1 is 1.00 bits per heavy atom. The number of fused-ring (bicyclic) bond motifs is 1. The van der Waals surface area contributed by atoms with Crippen molar-refractivity contribution in [1.29, 1.82) is 0 Å². The fraction of sp³-hybridized carbons (Fsp3) is 0.261. The minimum absolute atomic E-state index is 0.197. The highest BCUT2D eigenvalue weighted by Gasteiger charge is 2.26. The molecule has 0 fully saturated rings. The highest BCUT2D eigenvalue weighted by atomic mass is 35.5. The summed E-state index contributed by atoms with van der Waals surface area (Å²) in [6, 6.07) is 10.8. The Morgan fingerprint density at radius 2 is 1.76 bits per heavy atom. The molecule has 2 aromatic heterocycles. The molecule has 0 saturated heterocycles. The lowest BCUT2D eigenvalue weighted by Crippen LogP contribution is -2.31. The molecule has 6 nitrogen and oxygen atoms in total. The van der Waals surface area contributed by atoms with Crippen LogP contribution in [0.3, 0.4) is 0 Å². The Bertz CT molecular complexity index is 1270. The summed E-state index contributed by atoms with van der Waals surface area (Å²) in [5.41, 5.74) is 4.44. The average Bonchev–Trinajstić information content (AvgIpc) is 3.20. The van der Waals surface area contributed by atoms with Gasteiger partial charge in [0.05, 0.1) is 35.7 Å². The summed E-state index contributed by atoms with van der Waals surface area (Å²) in [6.07, 6.45) is 1.48. The van der Waals surface area contributed by atoms with Crippen LogP contribution in [-0.2, 0) is 7.05 Å². The zero-order valence-electron chi connectivity index (χ0n) is 18.2. The standard InChI is InChI=1S/C23H21Cl2F3N6/c1-33-13-15(11-31-33)22-12-30-20-4-3-18(10-21(20)32-22)34(6-2-5-29-14-23(26,27)28)19-8-16(24)7-17(25)9-19/h3-4,7-13,29H,2,5-6,14H2,1H3. The summed E-state index contributed by atoms with van der Waals surface area (Å²) in [5, 5.41) is 7.53. The minimum atomic E-state index is -4.25. The molecule has 0 saturated carbocycles. The molecule has 0 unspecified atom stereocenters. The van der Waals surface area contributed by atoms with Crippen molar-refractivity contribution < 1.29 is 13.2 Å². The molecule has 2 aromatic carbocycles. The largest absolute Gasteiger partial charge is 0.401 e. The smallest absolute Gasteiger partial charge is 0.341 e. The van der Waals surface area contributed by atoms with Gasteiger partial charge in [0.25, 0.3) is 0 Å². The lowest BCUT2D eigenvalue weighted by molar-refractivity contribution is -0.124. The van der Waals surface area contributed by atoms with E-state index in [0.29, 0.717) is 39.7 Å². The van der Waals surface area contributed by atoms with Gasteiger partial charge in [0, 0.05) is 46.8 Å². The van der Waals surface area contributed by atoms with Crippen LogP contribution in [0.25, 0.3) is 22.3 Å². The molecule has 0 bridgehead atoms. The fourth-order valence-corrected chi connectivity index (χ4v) is 4.07. The second-order valence-electron chi connectivity index (χ2n) is 7.76. The van der Waals surface area contributed by atoms with E-state index in [1.807, 2.05) is 36.3 Å². The van der Waals surface area contributed by atoms with Gasteiger partial charge < -0.3 is 10.2 Å². The van der Waals surface area contributed by atoms with Crippen LogP contribution >= 0.6 is 23.2 Å². The topological polar surface area (TPSA) is 58.9 Å². The van der Waals surface area contributed by atoms with Crippen molar-refractivity contribution in [3.8, 4) is 11.3 Å². The van der Waals surface area contributed by atoms with Crippen molar-refractivity contribution in [2.75, 3.05) is 24.5 Å². The Kier molecular flexibility index (Phi) is 7.25. The molecule has 0 amide bonds. The highest BCUT2D eigenvalue weighted by Crippen LogP contribution is 2.32. The summed E-state index contributed by atoms with van der Waals surface area (Å²) >= 11 is 12.4. The number of hydrogen-bond acceptors (Lipinski definition) is 5. The predicted octanol–water partition coefficient (Wildman–Crippen LogP) is 6.02. The zero-order valence-corrected chi connectivity index (χ0v) is 19.7. The van der Waals surface area contributed by atoms with Crippen molar-refractivity contribution in [2.45, 2.75) is 12.6 Å². The lowest BCUT2D eigenvalue weighted by Gasteiger charge is -2.26. The molecule has 0 atom stereocenters. The number of hydrogen-bond donors (Lipinski definition) is 1. The van der Waals surface area contributed by atoms with Crippen molar-refractivity contribution in [3.05, 3.63) is 65.0 Å². The number of nitrogens with one attached hydrogen (secondary N) is 1. The second kappa shape index (κ2) is 10.2. The molecule has 4 rings (SSSR count). The van der Waals surface area contributed by atoms with Gasteiger partial charge in [-0.15, -0.1) is 0 Å². The molecule has 1 N–H and O–H groups in total. The van der Waals surface area contributed by atoms with Crippen molar-refractivity contribution >= 4 is 45.6 Å². The van der Waals surface area contributed by atoms with Crippen LogP contribution in [0.5, 0.6) is 0 Å². The number of anilines is 2. The van der Waals surface area contributed by atoms with E-state index in [9.17, 15) is 13.2 Å². The molecule has 11 heteroatoms. The summed E-state index contributed by atoms with van der Waals surface area (Å²) in [7, 11) is 1.83. The maximum Gasteiger partial charge on any atom is 0.401 e. The van der Waals surface area contributed by atoms with Gasteiger partial charge in [0.2, 0.25) is 0 Å². The van der Waals surface area contributed by atoms with Gasteiger partial charge in [-0.25, -0.2) is 4.98 Å². The van der Waals surface area contributed by atoms with E-state index in [1.165, 1.54) is 0 Å². The van der Waals surface area contributed by atoms with Gasteiger partial charge in [-0.1, -0.05) is 23.2 Å². The Hall–Kier alpha value is -2.88. The van der Waals surface area contributed by atoms with Crippen LogP contribution in [0.1, 0.15) is 6.42 Å². The normalized spacial score (nSPS) is 11.8. The van der Waals surface area contributed by atoms with Gasteiger partial charge in [0.1, 0.15) is 0 Å². The average molecular weight is 509 g/mol. The molecule has 4 aromatic rings. The lowest BCUT2D eigenvalue weighted by atomic mass is 10.2. The first-order chi connectivity index (χ1) is 16.2. The highest BCUT2D eigenvalue weighted by molar-refractivity contribution is 6.35. The molecule has 0 aliphatic rings. The third-order valence-electron chi connectivity index (χ3n) is 5.06. The third kappa shape index (κ3) is 6.16. The van der Waals surface area contributed by atoms with E-state index in [1.54, 1.807) is 35.3 Å². The number of aromatic nitrogens is 4. The van der Waals surface area contributed by atoms with Gasteiger partial charge >= 0.3 is 6.18 Å². The molecule has 0 aliphatic carbocycles. The van der Waals surface area contributed by atoms with Gasteiger partial charge in [0.15, 0.2) is 0 Å². The summed E-state index contributed by atoms with van der Waals surface area (Å²) < 4.78 is 39.0. The maximum absolute atomic E-state index is 12.4. The predicted molar refractivity (Wildman–Crippen MR) is 129 cm³/mol. The van der Waals surface area contributed by atoms with E-state index in [-0.39, 0.29) is 6.54 Å². The molecular weight excluding hydrogens is 488 g/mol. The van der Waals surface area contributed by atoms with E-state index in [2.05, 4.69) is 15.4 Å². The zero-order chi connectivity index (χ0) is 24.3. The van der Waals surface area contributed by atoms with Crippen LogP contribution in [0, 0.1) is 0 Å². The van der Waals surface area contributed by atoms with Crippen LogP contribution in [0.15, 0.2) is 55.0 Å². The number of aryl methyl sites for hydroxylation is 1. The van der Waals surface area contributed by atoms with Crippen molar-refractivity contribution in [2.24, 2.45) is 7.05 Å². The quantitative estimate of drug-likeness (QED) is 0.295. The first-order valence-electron chi connectivity index (χ1n) is 10.4. The van der Waals surface area contributed by atoms with Gasteiger partial charge in [-0.3, -0.25) is 9.67 Å². The van der Waals surface area contributed by atoms with Crippen LogP contribution < -0.4 is 10.2 Å². The van der Waals surface area contributed by atoms with E-state index in [4.69, 9.17) is 28.2 Å². The van der Waals surface area contributed by atoms with E-state index in [0.717, 1.165) is 16.9 Å². The minimum Gasteiger partial charge on any atom is -0.341 e. The molecule has 34 heavy (non-hydrogen) atoms. The van der Waals surface area contributed by atoms with Crippen LogP contribution in [0.4, 0.5) is 24.5 Å². The molecule has 0 spiro atoms. The fourth-order valence-electron chi connectivity index (χ4n) is 3.56. The SMILES string of the molecule is Cn1cc(-c2cnc3ccc(N(CCCNCC(F)(F)F)c4cc(Cl)cc(Cl)c4)cc3n2)cn1.